The van der Waals surface area contributed by atoms with Crippen molar-refractivity contribution < 1.29 is 9.13 Å². The summed E-state index contributed by atoms with van der Waals surface area (Å²) in [6.07, 6.45) is 3.52. The first-order valence-corrected chi connectivity index (χ1v) is 6.28. The summed E-state index contributed by atoms with van der Waals surface area (Å²) in [6.45, 7) is 3.88. The minimum Gasteiger partial charge on any atom is -0.487 e. The predicted molar refractivity (Wildman–Crippen MR) is 71.4 cm³/mol. The Morgan fingerprint density at radius 3 is 2.95 bits per heavy atom. The number of ether oxygens (including phenoxy) is 1. The molecule has 0 aliphatic heterocycles. The largest absolute Gasteiger partial charge is 0.487 e. The number of hydrogen-bond donors (Lipinski definition) is 1. The molecule has 102 valence electrons. The van der Waals surface area contributed by atoms with Gasteiger partial charge in [0.15, 0.2) is 0 Å². The Balaban J connectivity index is 2.06. The third-order valence-corrected chi connectivity index (χ3v) is 2.84. The van der Waals surface area contributed by atoms with Crippen LogP contribution in [0.4, 0.5) is 4.39 Å². The predicted octanol–water partition coefficient (Wildman–Crippen LogP) is 2.34. The van der Waals surface area contributed by atoms with Crippen LogP contribution in [-0.4, -0.2) is 16.6 Å². The normalized spacial score (nSPS) is 10.7. The Bertz CT molecular complexity index is 539. The van der Waals surface area contributed by atoms with E-state index in [-0.39, 0.29) is 5.82 Å². The van der Waals surface area contributed by atoms with E-state index < -0.39 is 0 Å². The molecule has 0 spiro atoms. The van der Waals surface area contributed by atoms with Gasteiger partial charge in [0.2, 0.25) is 0 Å². The van der Waals surface area contributed by atoms with E-state index in [1.165, 1.54) is 12.1 Å². The monoisotopic (exact) mass is 263 g/mol. The van der Waals surface area contributed by atoms with Crippen LogP contribution in [-0.2, 0) is 19.7 Å². The quantitative estimate of drug-likeness (QED) is 0.869. The Morgan fingerprint density at radius 1 is 1.37 bits per heavy atom. The fourth-order valence-corrected chi connectivity index (χ4v) is 1.92. The molecule has 19 heavy (non-hydrogen) atoms. The summed E-state index contributed by atoms with van der Waals surface area (Å²) in [7, 11) is 1.82. The number of aromatic nitrogens is 2. The molecule has 0 unspecified atom stereocenters. The van der Waals surface area contributed by atoms with Crippen molar-refractivity contribution in [2.24, 2.45) is 0 Å². The van der Waals surface area contributed by atoms with Crippen LogP contribution < -0.4 is 10.1 Å². The number of imidazole rings is 1. The van der Waals surface area contributed by atoms with Gasteiger partial charge in [-0.2, -0.15) is 0 Å². The highest BCUT2D eigenvalue weighted by atomic mass is 19.1. The molecule has 2 aromatic rings. The number of hydrogen-bond acceptors (Lipinski definition) is 3. The lowest BCUT2D eigenvalue weighted by Crippen LogP contribution is -2.07. The maximum absolute atomic E-state index is 13.4. The van der Waals surface area contributed by atoms with E-state index in [1.54, 1.807) is 12.5 Å². The van der Waals surface area contributed by atoms with Crippen molar-refractivity contribution in [1.29, 1.82) is 0 Å². The molecule has 1 aromatic heterocycles. The van der Waals surface area contributed by atoms with Crippen LogP contribution in [0.25, 0.3) is 0 Å². The van der Waals surface area contributed by atoms with Gasteiger partial charge >= 0.3 is 0 Å². The van der Waals surface area contributed by atoms with E-state index >= 15 is 0 Å². The molecule has 0 aliphatic carbocycles. The Kier molecular flexibility index (Phi) is 4.52. The van der Waals surface area contributed by atoms with Crippen LogP contribution in [0.15, 0.2) is 30.7 Å². The van der Waals surface area contributed by atoms with E-state index in [1.807, 2.05) is 24.6 Å². The fourth-order valence-electron chi connectivity index (χ4n) is 1.92. The minimum atomic E-state index is -0.285. The first-order chi connectivity index (χ1) is 9.22. The van der Waals surface area contributed by atoms with Gasteiger partial charge < -0.3 is 14.6 Å². The van der Waals surface area contributed by atoms with Gasteiger partial charge in [-0.3, -0.25) is 0 Å². The second-order valence-electron chi connectivity index (χ2n) is 4.29. The lowest BCUT2D eigenvalue weighted by molar-refractivity contribution is 0.293. The van der Waals surface area contributed by atoms with Crippen LogP contribution in [0, 0.1) is 5.82 Å². The fraction of sp³-hybridized carbons (Fsp3) is 0.357. The van der Waals surface area contributed by atoms with Gasteiger partial charge in [0.25, 0.3) is 0 Å². The van der Waals surface area contributed by atoms with E-state index in [9.17, 15) is 4.39 Å². The summed E-state index contributed by atoms with van der Waals surface area (Å²) in [6, 6.07) is 4.73. The molecule has 0 radical (unpaired) electrons. The van der Waals surface area contributed by atoms with Crippen molar-refractivity contribution in [2.75, 3.05) is 7.05 Å². The molecule has 0 bridgehead atoms. The summed E-state index contributed by atoms with van der Waals surface area (Å²) >= 11 is 0. The highest BCUT2D eigenvalue weighted by Crippen LogP contribution is 2.18. The average Bonchev–Trinajstić information content (AvgIpc) is 2.83. The van der Waals surface area contributed by atoms with Gasteiger partial charge in [-0.25, -0.2) is 9.37 Å². The molecule has 0 saturated heterocycles. The summed E-state index contributed by atoms with van der Waals surface area (Å²) in [5.74, 6) is 0.251. The molecule has 0 amide bonds. The standard InChI is InChI=1S/C14H18FN3O/c1-3-18-10-17-8-13(18)9-19-14-5-11(7-16-2)4-12(15)6-14/h4-6,8,10,16H,3,7,9H2,1-2H3. The summed E-state index contributed by atoms with van der Waals surface area (Å²) in [5.41, 5.74) is 1.84. The minimum absolute atomic E-state index is 0.285. The summed E-state index contributed by atoms with van der Waals surface area (Å²) in [4.78, 5) is 4.07. The van der Waals surface area contributed by atoms with Gasteiger partial charge in [0.05, 0.1) is 18.2 Å². The van der Waals surface area contributed by atoms with E-state index in [4.69, 9.17) is 4.74 Å². The SMILES string of the molecule is CCn1cncc1COc1cc(F)cc(CNC)c1. The molecule has 2 rings (SSSR count). The van der Waals surface area contributed by atoms with Crippen LogP contribution in [0.3, 0.4) is 0 Å². The lowest BCUT2D eigenvalue weighted by Gasteiger charge is -2.10. The van der Waals surface area contributed by atoms with E-state index in [0.29, 0.717) is 18.9 Å². The molecule has 0 fully saturated rings. The molecule has 1 heterocycles. The second kappa shape index (κ2) is 6.33. The average molecular weight is 263 g/mol. The van der Waals surface area contributed by atoms with Crippen molar-refractivity contribution in [1.82, 2.24) is 14.9 Å². The highest BCUT2D eigenvalue weighted by Gasteiger charge is 2.04. The Morgan fingerprint density at radius 2 is 2.21 bits per heavy atom. The molecule has 1 aromatic carbocycles. The van der Waals surface area contributed by atoms with Crippen LogP contribution >= 0.6 is 0 Å². The van der Waals surface area contributed by atoms with Gasteiger partial charge in [0, 0.05) is 19.2 Å². The third kappa shape index (κ3) is 3.54. The molecular weight excluding hydrogens is 245 g/mol. The number of benzene rings is 1. The molecular formula is C14H18FN3O. The molecule has 0 atom stereocenters. The summed E-state index contributed by atoms with van der Waals surface area (Å²) < 4.78 is 21.1. The summed E-state index contributed by atoms with van der Waals surface area (Å²) in [5, 5.41) is 2.99. The van der Waals surface area contributed by atoms with Crippen molar-refractivity contribution >= 4 is 0 Å². The van der Waals surface area contributed by atoms with Crippen molar-refractivity contribution in [2.45, 2.75) is 26.6 Å². The Labute approximate surface area is 112 Å². The number of rotatable bonds is 6. The molecule has 0 aliphatic rings. The molecule has 5 heteroatoms. The van der Waals surface area contributed by atoms with E-state index in [2.05, 4.69) is 10.3 Å². The maximum Gasteiger partial charge on any atom is 0.130 e. The smallest absolute Gasteiger partial charge is 0.130 e. The first kappa shape index (κ1) is 13.5. The van der Waals surface area contributed by atoms with E-state index in [0.717, 1.165) is 17.8 Å². The number of aryl methyl sites for hydroxylation is 1. The number of nitrogens with zero attached hydrogens (tertiary/aromatic N) is 2. The molecule has 0 saturated carbocycles. The highest BCUT2D eigenvalue weighted by molar-refractivity contribution is 5.29. The second-order valence-corrected chi connectivity index (χ2v) is 4.29. The number of nitrogens with one attached hydrogen (secondary N) is 1. The van der Waals surface area contributed by atoms with Crippen LogP contribution in [0.2, 0.25) is 0 Å². The lowest BCUT2D eigenvalue weighted by atomic mass is 10.2. The van der Waals surface area contributed by atoms with Gasteiger partial charge in [-0.1, -0.05) is 0 Å². The first-order valence-electron chi connectivity index (χ1n) is 6.28. The van der Waals surface area contributed by atoms with Crippen molar-refractivity contribution in [3.8, 4) is 5.75 Å². The van der Waals surface area contributed by atoms with Gasteiger partial charge in [0.1, 0.15) is 18.2 Å². The third-order valence-electron chi connectivity index (χ3n) is 2.84. The number of halogens is 1. The van der Waals surface area contributed by atoms with Crippen LogP contribution in [0.5, 0.6) is 5.75 Å². The zero-order valence-electron chi connectivity index (χ0n) is 11.2. The van der Waals surface area contributed by atoms with Crippen molar-refractivity contribution in [3.05, 3.63) is 47.8 Å². The Hall–Kier alpha value is -1.88. The topological polar surface area (TPSA) is 39.1 Å². The zero-order valence-corrected chi connectivity index (χ0v) is 11.2. The van der Waals surface area contributed by atoms with Gasteiger partial charge in [-0.05, 0) is 31.7 Å². The molecule has 4 nitrogen and oxygen atoms in total. The van der Waals surface area contributed by atoms with Gasteiger partial charge in [-0.15, -0.1) is 0 Å². The zero-order chi connectivity index (χ0) is 13.7. The van der Waals surface area contributed by atoms with Crippen LogP contribution in [0.1, 0.15) is 18.2 Å². The maximum atomic E-state index is 13.4. The van der Waals surface area contributed by atoms with Crippen molar-refractivity contribution in [3.63, 3.8) is 0 Å². The molecule has 1 N–H and O–H groups in total.